The summed E-state index contributed by atoms with van der Waals surface area (Å²) in [6, 6.07) is 14.6. The van der Waals surface area contributed by atoms with Crippen LogP contribution in [0.15, 0.2) is 60.9 Å². The molecule has 0 bridgehead atoms. The average molecular weight is 332 g/mol. The Morgan fingerprint density at radius 2 is 2.00 bits per heavy atom. The molecule has 5 heteroatoms. The lowest BCUT2D eigenvalue weighted by atomic mass is 9.98. The first-order valence-corrected chi connectivity index (χ1v) is 8.09. The van der Waals surface area contributed by atoms with Crippen LogP contribution in [-0.4, -0.2) is 15.0 Å². The Hall–Kier alpha value is -3.21. The lowest BCUT2D eigenvalue weighted by Crippen LogP contribution is -2.03. The topological polar surface area (TPSA) is 53.6 Å². The number of benzene rings is 1. The molecule has 0 aliphatic carbocycles. The Bertz CT molecular complexity index is 1020. The zero-order chi connectivity index (χ0) is 17.2. The van der Waals surface area contributed by atoms with Gasteiger partial charge >= 0.3 is 0 Å². The van der Waals surface area contributed by atoms with Crippen LogP contribution in [0.1, 0.15) is 11.3 Å². The Labute approximate surface area is 144 Å². The fraction of sp³-hybridized carbons (Fsp3) is 0.100. The number of hydrogen-bond donors (Lipinski definition) is 2. The number of halogens is 1. The molecule has 4 rings (SSSR count). The van der Waals surface area contributed by atoms with Crippen LogP contribution in [0.25, 0.3) is 22.2 Å². The van der Waals surface area contributed by atoms with E-state index in [-0.39, 0.29) is 5.82 Å². The van der Waals surface area contributed by atoms with E-state index < -0.39 is 0 Å². The van der Waals surface area contributed by atoms with E-state index in [2.05, 4.69) is 20.3 Å². The van der Waals surface area contributed by atoms with Crippen molar-refractivity contribution in [1.82, 2.24) is 15.0 Å². The van der Waals surface area contributed by atoms with Gasteiger partial charge in [0.05, 0.1) is 12.2 Å². The highest BCUT2D eigenvalue weighted by Crippen LogP contribution is 2.32. The molecule has 3 heterocycles. The van der Waals surface area contributed by atoms with Gasteiger partial charge < -0.3 is 10.3 Å². The van der Waals surface area contributed by atoms with Gasteiger partial charge in [0, 0.05) is 17.8 Å². The average Bonchev–Trinajstić information content (AvgIpc) is 3.11. The SMILES string of the molecule is Cc1ccc(F)cc1-c1cc(NCc2ccccn2)nc2[nH]ccc12. The van der Waals surface area contributed by atoms with Gasteiger partial charge in [-0.25, -0.2) is 9.37 Å². The molecule has 0 saturated heterocycles. The predicted octanol–water partition coefficient (Wildman–Crippen LogP) is 4.68. The normalized spacial score (nSPS) is 11.0. The van der Waals surface area contributed by atoms with E-state index in [1.54, 1.807) is 18.3 Å². The second kappa shape index (κ2) is 6.36. The van der Waals surface area contributed by atoms with Gasteiger partial charge in [-0.2, -0.15) is 0 Å². The van der Waals surface area contributed by atoms with Crippen molar-refractivity contribution in [3.8, 4) is 11.1 Å². The number of hydrogen-bond acceptors (Lipinski definition) is 3. The van der Waals surface area contributed by atoms with Crippen molar-refractivity contribution in [2.45, 2.75) is 13.5 Å². The minimum absolute atomic E-state index is 0.246. The monoisotopic (exact) mass is 332 g/mol. The van der Waals surface area contributed by atoms with Crippen LogP contribution >= 0.6 is 0 Å². The summed E-state index contributed by atoms with van der Waals surface area (Å²) in [7, 11) is 0. The Kier molecular flexibility index (Phi) is 3.90. The quantitative estimate of drug-likeness (QED) is 0.570. The number of aryl methyl sites for hydroxylation is 1. The Balaban J connectivity index is 1.76. The fourth-order valence-corrected chi connectivity index (χ4v) is 2.92. The summed E-state index contributed by atoms with van der Waals surface area (Å²) < 4.78 is 13.8. The van der Waals surface area contributed by atoms with E-state index in [4.69, 9.17) is 0 Å². The third kappa shape index (κ3) is 3.08. The molecule has 124 valence electrons. The minimum atomic E-state index is -0.246. The molecule has 0 fully saturated rings. The summed E-state index contributed by atoms with van der Waals surface area (Å²) in [4.78, 5) is 12.0. The zero-order valence-electron chi connectivity index (χ0n) is 13.8. The lowest BCUT2D eigenvalue weighted by Gasteiger charge is -2.11. The van der Waals surface area contributed by atoms with Crippen molar-refractivity contribution in [1.29, 1.82) is 0 Å². The van der Waals surface area contributed by atoms with Crippen LogP contribution in [0.5, 0.6) is 0 Å². The molecular weight excluding hydrogens is 315 g/mol. The summed E-state index contributed by atoms with van der Waals surface area (Å²) in [6.07, 6.45) is 3.61. The van der Waals surface area contributed by atoms with Gasteiger partial charge in [0.25, 0.3) is 0 Å². The predicted molar refractivity (Wildman–Crippen MR) is 97.8 cm³/mol. The van der Waals surface area contributed by atoms with Gasteiger partial charge in [-0.3, -0.25) is 4.98 Å². The highest BCUT2D eigenvalue weighted by atomic mass is 19.1. The first-order chi connectivity index (χ1) is 12.2. The molecule has 0 unspecified atom stereocenters. The maximum absolute atomic E-state index is 13.8. The smallest absolute Gasteiger partial charge is 0.140 e. The lowest BCUT2D eigenvalue weighted by molar-refractivity contribution is 0.628. The van der Waals surface area contributed by atoms with Crippen molar-refractivity contribution in [2.75, 3.05) is 5.32 Å². The van der Waals surface area contributed by atoms with E-state index in [0.717, 1.165) is 39.2 Å². The number of nitrogens with one attached hydrogen (secondary N) is 2. The summed E-state index contributed by atoms with van der Waals surface area (Å²) in [5.41, 5.74) is 4.54. The van der Waals surface area contributed by atoms with Crippen molar-refractivity contribution in [3.63, 3.8) is 0 Å². The van der Waals surface area contributed by atoms with E-state index in [1.165, 1.54) is 6.07 Å². The molecule has 0 atom stereocenters. The van der Waals surface area contributed by atoms with Gasteiger partial charge in [0.15, 0.2) is 0 Å². The Morgan fingerprint density at radius 1 is 1.08 bits per heavy atom. The summed E-state index contributed by atoms with van der Waals surface area (Å²) in [5.74, 6) is 0.475. The van der Waals surface area contributed by atoms with Crippen LogP contribution in [0.2, 0.25) is 0 Å². The molecule has 0 radical (unpaired) electrons. The van der Waals surface area contributed by atoms with Crippen LogP contribution in [-0.2, 0) is 6.54 Å². The van der Waals surface area contributed by atoms with E-state index in [9.17, 15) is 4.39 Å². The molecule has 3 aromatic heterocycles. The van der Waals surface area contributed by atoms with Crippen LogP contribution < -0.4 is 5.32 Å². The highest BCUT2D eigenvalue weighted by molar-refractivity contribution is 5.95. The van der Waals surface area contributed by atoms with Crippen molar-refractivity contribution in [3.05, 3.63) is 78.0 Å². The number of aromatic amines is 1. The maximum atomic E-state index is 13.8. The standard InChI is InChI=1S/C20H17FN4/c1-13-5-6-14(21)10-17(13)18-11-19(25-20-16(18)7-9-23-20)24-12-15-4-2-3-8-22-15/h2-11H,12H2,1H3,(H2,23,24,25). The van der Waals surface area contributed by atoms with Crippen molar-refractivity contribution in [2.24, 2.45) is 0 Å². The molecule has 4 aromatic rings. The van der Waals surface area contributed by atoms with E-state index in [1.807, 2.05) is 43.5 Å². The second-order valence-corrected chi connectivity index (χ2v) is 5.93. The molecule has 0 aliphatic rings. The maximum Gasteiger partial charge on any atom is 0.140 e. The van der Waals surface area contributed by atoms with Crippen molar-refractivity contribution >= 4 is 16.9 Å². The molecule has 0 aliphatic heterocycles. The van der Waals surface area contributed by atoms with Gasteiger partial charge in [-0.05, 0) is 60.0 Å². The molecule has 0 amide bonds. The highest BCUT2D eigenvalue weighted by Gasteiger charge is 2.12. The number of aromatic nitrogens is 3. The number of pyridine rings is 2. The third-order valence-corrected chi connectivity index (χ3v) is 4.20. The molecule has 25 heavy (non-hydrogen) atoms. The van der Waals surface area contributed by atoms with Gasteiger partial charge in [-0.1, -0.05) is 12.1 Å². The molecule has 2 N–H and O–H groups in total. The number of H-pyrrole nitrogens is 1. The fourth-order valence-electron chi connectivity index (χ4n) is 2.92. The Morgan fingerprint density at radius 3 is 2.84 bits per heavy atom. The molecule has 1 aromatic carbocycles. The zero-order valence-corrected chi connectivity index (χ0v) is 13.8. The number of rotatable bonds is 4. The minimum Gasteiger partial charge on any atom is -0.364 e. The number of fused-ring (bicyclic) bond motifs is 1. The van der Waals surface area contributed by atoms with Crippen molar-refractivity contribution < 1.29 is 4.39 Å². The molecule has 0 saturated carbocycles. The van der Waals surface area contributed by atoms with Gasteiger partial charge in [0.2, 0.25) is 0 Å². The third-order valence-electron chi connectivity index (χ3n) is 4.20. The summed E-state index contributed by atoms with van der Waals surface area (Å²) in [6.45, 7) is 2.55. The van der Waals surface area contributed by atoms with Gasteiger partial charge in [-0.15, -0.1) is 0 Å². The largest absolute Gasteiger partial charge is 0.364 e. The van der Waals surface area contributed by atoms with Crippen LogP contribution in [0, 0.1) is 12.7 Å². The van der Waals surface area contributed by atoms with E-state index in [0.29, 0.717) is 6.54 Å². The molecular formula is C20H17FN4. The number of anilines is 1. The summed E-state index contributed by atoms with van der Waals surface area (Å²) >= 11 is 0. The first kappa shape index (κ1) is 15.3. The second-order valence-electron chi connectivity index (χ2n) is 5.93. The van der Waals surface area contributed by atoms with E-state index >= 15 is 0 Å². The van der Waals surface area contributed by atoms with Crippen LogP contribution in [0.4, 0.5) is 10.2 Å². The number of nitrogens with zero attached hydrogens (tertiary/aromatic N) is 2. The summed E-state index contributed by atoms with van der Waals surface area (Å²) in [5, 5.41) is 4.27. The molecule has 0 spiro atoms. The van der Waals surface area contributed by atoms with Gasteiger partial charge in [0.1, 0.15) is 17.3 Å². The van der Waals surface area contributed by atoms with Crippen LogP contribution in [0.3, 0.4) is 0 Å². The molecule has 4 nitrogen and oxygen atoms in total. The first-order valence-electron chi connectivity index (χ1n) is 8.09.